The van der Waals surface area contributed by atoms with E-state index in [1.54, 1.807) is 0 Å². The van der Waals surface area contributed by atoms with Gasteiger partial charge in [0.15, 0.2) is 0 Å². The molecule has 4 rings (SSSR count). The molecule has 0 aromatic rings. The van der Waals surface area contributed by atoms with Crippen LogP contribution in [-0.2, 0) is 0 Å². The van der Waals surface area contributed by atoms with E-state index in [0.717, 1.165) is 25.7 Å². The van der Waals surface area contributed by atoms with Gasteiger partial charge in [-0.15, -0.1) is 0 Å². The Hall–Kier alpha value is -0.0800. The average Bonchev–Trinajstić information content (AvgIpc) is 2.07. The number of hydrogen-bond acceptors (Lipinski definition) is 2. The topological polar surface area (TPSA) is 40.5 Å². The van der Waals surface area contributed by atoms with E-state index < -0.39 is 5.60 Å². The molecule has 0 heterocycles. The lowest BCUT2D eigenvalue weighted by atomic mass is 9.49. The van der Waals surface area contributed by atoms with Gasteiger partial charge in [0.1, 0.15) is 0 Å². The second kappa shape index (κ2) is 2.29. The summed E-state index contributed by atoms with van der Waals surface area (Å²) in [7, 11) is 0. The molecule has 6 unspecified atom stereocenters. The van der Waals surface area contributed by atoms with Crippen molar-refractivity contribution in [2.24, 2.45) is 23.7 Å². The largest absolute Gasteiger partial charge is 0.393 e. The highest BCUT2D eigenvalue weighted by Crippen LogP contribution is 2.58. The van der Waals surface area contributed by atoms with Gasteiger partial charge in [0.25, 0.3) is 0 Å². The molecule has 0 amide bonds. The number of aliphatic hydroxyl groups is 2. The number of aliphatic hydroxyl groups excluding tert-OH is 1. The standard InChI is InChI=1S/C11H18O2/c1-6-9-3-7-2-8(10(9)12)5-11(6,13)4-7/h6-10,12-13H,2-5H2,1H3. The Morgan fingerprint density at radius 1 is 1.23 bits per heavy atom. The third-order valence-electron chi connectivity index (χ3n) is 4.91. The maximum absolute atomic E-state index is 10.4. The summed E-state index contributed by atoms with van der Waals surface area (Å²) in [6.07, 6.45) is 4.04. The molecule has 0 aromatic carbocycles. The summed E-state index contributed by atoms with van der Waals surface area (Å²) < 4.78 is 0. The minimum atomic E-state index is -0.421. The molecular formula is C11H18O2. The van der Waals surface area contributed by atoms with Crippen molar-refractivity contribution < 1.29 is 10.2 Å². The van der Waals surface area contributed by atoms with E-state index in [9.17, 15) is 10.2 Å². The fourth-order valence-corrected chi connectivity index (χ4v) is 4.22. The SMILES string of the molecule is CC1C2CC3CC(CC1(O)C3)C2O. The summed E-state index contributed by atoms with van der Waals surface area (Å²) in [6, 6.07) is 0. The first-order valence-electron chi connectivity index (χ1n) is 5.50. The van der Waals surface area contributed by atoms with Crippen LogP contribution in [0.1, 0.15) is 32.6 Å². The van der Waals surface area contributed by atoms with Crippen LogP contribution in [0.2, 0.25) is 0 Å². The molecule has 4 aliphatic rings. The van der Waals surface area contributed by atoms with Crippen LogP contribution in [0, 0.1) is 23.7 Å². The summed E-state index contributed by atoms with van der Waals surface area (Å²) in [6.45, 7) is 2.12. The predicted octanol–water partition coefficient (Wildman–Crippen LogP) is 1.16. The Labute approximate surface area is 79.0 Å². The minimum absolute atomic E-state index is 0.119. The molecular weight excluding hydrogens is 164 g/mol. The van der Waals surface area contributed by atoms with Gasteiger partial charge in [0, 0.05) is 0 Å². The molecule has 4 saturated carbocycles. The van der Waals surface area contributed by atoms with E-state index in [-0.39, 0.29) is 6.10 Å². The summed E-state index contributed by atoms with van der Waals surface area (Å²) >= 11 is 0. The van der Waals surface area contributed by atoms with E-state index in [4.69, 9.17) is 0 Å². The van der Waals surface area contributed by atoms with E-state index in [0.29, 0.717) is 23.7 Å². The zero-order valence-corrected chi connectivity index (χ0v) is 8.11. The van der Waals surface area contributed by atoms with Crippen LogP contribution < -0.4 is 0 Å². The zero-order chi connectivity index (χ0) is 9.22. The second-order valence-corrected chi connectivity index (χ2v) is 5.55. The van der Waals surface area contributed by atoms with Gasteiger partial charge in [0.05, 0.1) is 11.7 Å². The summed E-state index contributed by atoms with van der Waals surface area (Å²) in [5.41, 5.74) is -0.421. The molecule has 0 aliphatic heterocycles. The van der Waals surface area contributed by atoms with Gasteiger partial charge >= 0.3 is 0 Å². The van der Waals surface area contributed by atoms with Crippen molar-refractivity contribution >= 4 is 0 Å². The van der Waals surface area contributed by atoms with Gasteiger partial charge in [-0.2, -0.15) is 0 Å². The highest BCUT2D eigenvalue weighted by atomic mass is 16.3. The third kappa shape index (κ3) is 0.909. The molecule has 2 heteroatoms. The van der Waals surface area contributed by atoms with Crippen LogP contribution in [0.4, 0.5) is 0 Å². The van der Waals surface area contributed by atoms with Crippen molar-refractivity contribution in [3.05, 3.63) is 0 Å². The average molecular weight is 182 g/mol. The van der Waals surface area contributed by atoms with Crippen molar-refractivity contribution in [2.75, 3.05) is 0 Å². The van der Waals surface area contributed by atoms with E-state index in [2.05, 4.69) is 6.92 Å². The molecule has 6 atom stereocenters. The Morgan fingerprint density at radius 3 is 2.77 bits per heavy atom. The lowest BCUT2D eigenvalue weighted by Gasteiger charge is -2.60. The third-order valence-corrected chi connectivity index (χ3v) is 4.91. The van der Waals surface area contributed by atoms with Crippen molar-refractivity contribution in [2.45, 2.75) is 44.3 Å². The van der Waals surface area contributed by atoms with Gasteiger partial charge in [-0.25, -0.2) is 0 Å². The van der Waals surface area contributed by atoms with Gasteiger partial charge in [-0.05, 0) is 49.4 Å². The molecule has 4 aliphatic carbocycles. The van der Waals surface area contributed by atoms with Crippen LogP contribution in [0.5, 0.6) is 0 Å². The molecule has 0 spiro atoms. The number of rotatable bonds is 0. The molecule has 74 valence electrons. The molecule has 0 radical (unpaired) electrons. The maximum atomic E-state index is 10.4. The van der Waals surface area contributed by atoms with Crippen molar-refractivity contribution in [3.8, 4) is 0 Å². The normalized spacial score (nSPS) is 64.4. The fraction of sp³-hybridized carbons (Fsp3) is 1.00. The Balaban J connectivity index is 1.99. The van der Waals surface area contributed by atoms with Gasteiger partial charge in [0.2, 0.25) is 0 Å². The highest BCUT2D eigenvalue weighted by Gasteiger charge is 2.58. The van der Waals surface area contributed by atoms with Gasteiger partial charge in [-0.3, -0.25) is 0 Å². The molecule has 13 heavy (non-hydrogen) atoms. The minimum Gasteiger partial charge on any atom is -0.393 e. The molecule has 4 bridgehead atoms. The second-order valence-electron chi connectivity index (χ2n) is 5.55. The van der Waals surface area contributed by atoms with Crippen LogP contribution >= 0.6 is 0 Å². The summed E-state index contributed by atoms with van der Waals surface area (Å²) in [5, 5.41) is 20.4. The monoisotopic (exact) mass is 182 g/mol. The van der Waals surface area contributed by atoms with Crippen LogP contribution in [0.25, 0.3) is 0 Å². The first-order valence-corrected chi connectivity index (χ1v) is 5.50. The lowest BCUT2D eigenvalue weighted by Crippen LogP contribution is -2.61. The summed E-state index contributed by atoms with van der Waals surface area (Å²) in [5.74, 6) is 1.80. The highest BCUT2D eigenvalue weighted by molar-refractivity contribution is 5.08. The maximum Gasteiger partial charge on any atom is 0.0683 e. The van der Waals surface area contributed by atoms with Crippen molar-refractivity contribution in [1.29, 1.82) is 0 Å². The van der Waals surface area contributed by atoms with E-state index >= 15 is 0 Å². The smallest absolute Gasteiger partial charge is 0.0683 e. The van der Waals surface area contributed by atoms with Gasteiger partial charge < -0.3 is 10.2 Å². The molecule has 2 N–H and O–H groups in total. The molecule has 2 nitrogen and oxygen atoms in total. The molecule has 0 aromatic heterocycles. The fourth-order valence-electron chi connectivity index (χ4n) is 4.22. The summed E-state index contributed by atoms with van der Waals surface area (Å²) in [4.78, 5) is 0. The van der Waals surface area contributed by atoms with Gasteiger partial charge in [-0.1, -0.05) is 6.92 Å². The Kier molecular flexibility index (Phi) is 1.45. The first kappa shape index (κ1) is 8.25. The van der Waals surface area contributed by atoms with Crippen molar-refractivity contribution in [1.82, 2.24) is 0 Å². The van der Waals surface area contributed by atoms with E-state index in [1.807, 2.05) is 0 Å². The molecule has 4 fully saturated rings. The quantitative estimate of drug-likeness (QED) is 0.590. The Morgan fingerprint density at radius 2 is 2.00 bits per heavy atom. The lowest BCUT2D eigenvalue weighted by molar-refractivity contribution is -0.210. The predicted molar refractivity (Wildman–Crippen MR) is 49.1 cm³/mol. The van der Waals surface area contributed by atoms with Crippen LogP contribution in [0.3, 0.4) is 0 Å². The zero-order valence-electron chi connectivity index (χ0n) is 8.11. The van der Waals surface area contributed by atoms with E-state index in [1.165, 1.54) is 0 Å². The molecule has 0 saturated heterocycles. The van der Waals surface area contributed by atoms with Crippen molar-refractivity contribution in [3.63, 3.8) is 0 Å². The van der Waals surface area contributed by atoms with Crippen LogP contribution in [0.15, 0.2) is 0 Å². The van der Waals surface area contributed by atoms with Crippen LogP contribution in [-0.4, -0.2) is 21.9 Å². The Bertz CT molecular complexity index is 240. The first-order chi connectivity index (χ1) is 6.10. The number of hydrogen-bond donors (Lipinski definition) is 2.